The van der Waals surface area contributed by atoms with E-state index in [0.717, 1.165) is 27.9 Å². The Balaban J connectivity index is 2.14. The molecule has 0 aliphatic carbocycles. The quantitative estimate of drug-likeness (QED) is 0.700. The summed E-state index contributed by atoms with van der Waals surface area (Å²) in [4.78, 5) is 11.2. The van der Waals surface area contributed by atoms with Crippen molar-refractivity contribution in [3.8, 4) is 11.1 Å². The molecular weight excluding hydrogens is 240 g/mol. The van der Waals surface area contributed by atoms with Gasteiger partial charge >= 0.3 is 0 Å². The number of carbonyl (C=O) groups excluding carboxylic acids is 1. The predicted octanol–water partition coefficient (Wildman–Crippen LogP) is 4.21. The maximum atomic E-state index is 11.2. The molecule has 19 heavy (non-hydrogen) atoms. The van der Waals surface area contributed by atoms with Crippen LogP contribution < -0.4 is 0 Å². The van der Waals surface area contributed by atoms with E-state index in [4.69, 9.17) is 8.83 Å². The van der Waals surface area contributed by atoms with Crippen molar-refractivity contribution >= 4 is 16.8 Å². The lowest BCUT2D eigenvalue weighted by Gasteiger charge is -1.99. The third kappa shape index (κ3) is 2.19. The molecule has 3 aromatic rings. The van der Waals surface area contributed by atoms with E-state index < -0.39 is 0 Å². The summed E-state index contributed by atoms with van der Waals surface area (Å²) in [6, 6.07) is 9.80. The minimum atomic E-state index is 0.165. The predicted molar refractivity (Wildman–Crippen MR) is 72.9 cm³/mol. The van der Waals surface area contributed by atoms with Crippen LogP contribution in [0.1, 0.15) is 19.1 Å². The summed E-state index contributed by atoms with van der Waals surface area (Å²) < 4.78 is 11.0. The number of aryl methyl sites for hydroxylation is 1. The van der Waals surface area contributed by atoms with Crippen LogP contribution in [0.15, 0.2) is 51.7 Å². The lowest BCUT2D eigenvalue weighted by molar-refractivity contribution is -0.117. The van der Waals surface area contributed by atoms with Crippen LogP contribution in [0.2, 0.25) is 0 Å². The molecule has 0 saturated heterocycles. The number of benzene rings is 1. The number of carbonyl (C=O) groups is 1. The molecule has 3 heteroatoms. The monoisotopic (exact) mass is 254 g/mol. The second-order valence-electron chi connectivity index (χ2n) is 4.61. The minimum Gasteiger partial charge on any atom is -0.472 e. The lowest BCUT2D eigenvalue weighted by atomic mass is 10.0. The molecular formula is C16H14O3. The van der Waals surface area contributed by atoms with Gasteiger partial charge in [0.05, 0.1) is 12.5 Å². The molecule has 3 nitrogen and oxygen atoms in total. The highest BCUT2D eigenvalue weighted by Crippen LogP contribution is 2.35. The average Bonchev–Trinajstić information content (AvgIpc) is 3.02. The number of fused-ring (bicyclic) bond motifs is 1. The Morgan fingerprint density at radius 1 is 1.21 bits per heavy atom. The molecule has 0 aliphatic rings. The SMILES string of the molecule is CC(=O)CCc1oc2ccccc2c1-c1ccoc1. The Hall–Kier alpha value is -2.29. The van der Waals surface area contributed by atoms with Gasteiger partial charge in [0, 0.05) is 29.4 Å². The molecule has 0 atom stereocenters. The van der Waals surface area contributed by atoms with Crippen LogP contribution in [-0.4, -0.2) is 5.78 Å². The molecule has 0 bridgehead atoms. The molecule has 0 radical (unpaired) electrons. The Labute approximate surface area is 110 Å². The van der Waals surface area contributed by atoms with Gasteiger partial charge < -0.3 is 13.6 Å². The lowest BCUT2D eigenvalue weighted by Crippen LogP contribution is -1.93. The summed E-state index contributed by atoms with van der Waals surface area (Å²) in [7, 11) is 0. The average molecular weight is 254 g/mol. The molecule has 96 valence electrons. The van der Waals surface area contributed by atoms with Crippen molar-refractivity contribution in [3.05, 3.63) is 48.6 Å². The van der Waals surface area contributed by atoms with E-state index in [-0.39, 0.29) is 5.78 Å². The summed E-state index contributed by atoms with van der Waals surface area (Å²) in [5, 5.41) is 1.06. The van der Waals surface area contributed by atoms with E-state index >= 15 is 0 Å². The van der Waals surface area contributed by atoms with Gasteiger partial charge in [0.25, 0.3) is 0 Å². The smallest absolute Gasteiger partial charge is 0.134 e. The molecule has 0 saturated carbocycles. The van der Waals surface area contributed by atoms with E-state index in [1.165, 1.54) is 0 Å². The van der Waals surface area contributed by atoms with Crippen molar-refractivity contribution in [3.63, 3.8) is 0 Å². The first-order chi connectivity index (χ1) is 9.25. The van der Waals surface area contributed by atoms with Gasteiger partial charge in [-0.2, -0.15) is 0 Å². The fourth-order valence-electron chi connectivity index (χ4n) is 2.28. The minimum absolute atomic E-state index is 0.165. The van der Waals surface area contributed by atoms with Gasteiger partial charge in [-0.05, 0) is 19.1 Å². The van der Waals surface area contributed by atoms with E-state index in [1.807, 2.05) is 30.3 Å². The van der Waals surface area contributed by atoms with Crippen LogP contribution >= 0.6 is 0 Å². The second kappa shape index (κ2) is 4.76. The highest BCUT2D eigenvalue weighted by molar-refractivity contribution is 5.95. The number of Topliss-reactive ketones (excluding diaryl/α,β-unsaturated/α-hetero) is 1. The number of hydrogen-bond donors (Lipinski definition) is 0. The highest BCUT2D eigenvalue weighted by atomic mass is 16.3. The molecule has 2 heterocycles. The first-order valence-corrected chi connectivity index (χ1v) is 6.28. The maximum absolute atomic E-state index is 11.2. The number of hydrogen-bond acceptors (Lipinski definition) is 3. The van der Waals surface area contributed by atoms with Gasteiger partial charge in [0.15, 0.2) is 0 Å². The first kappa shape index (κ1) is 11.8. The fraction of sp³-hybridized carbons (Fsp3) is 0.188. The van der Waals surface area contributed by atoms with Gasteiger partial charge in [0.1, 0.15) is 17.1 Å². The topological polar surface area (TPSA) is 43.4 Å². The van der Waals surface area contributed by atoms with Crippen LogP contribution in [0.5, 0.6) is 0 Å². The Bertz CT molecular complexity index is 705. The van der Waals surface area contributed by atoms with Crippen molar-refractivity contribution in [2.24, 2.45) is 0 Å². The molecule has 1 aromatic carbocycles. The molecule has 0 fully saturated rings. The molecule has 0 amide bonds. The third-order valence-corrected chi connectivity index (χ3v) is 3.18. The summed E-state index contributed by atoms with van der Waals surface area (Å²) in [5.41, 5.74) is 2.87. The van der Waals surface area contributed by atoms with Crippen LogP contribution in [-0.2, 0) is 11.2 Å². The van der Waals surface area contributed by atoms with Gasteiger partial charge in [-0.15, -0.1) is 0 Å². The highest BCUT2D eigenvalue weighted by Gasteiger charge is 2.16. The molecule has 3 rings (SSSR count). The number of para-hydroxylation sites is 1. The van der Waals surface area contributed by atoms with E-state index in [9.17, 15) is 4.79 Å². The summed E-state index contributed by atoms with van der Waals surface area (Å²) in [6.07, 6.45) is 4.45. The zero-order valence-corrected chi connectivity index (χ0v) is 10.7. The normalized spacial score (nSPS) is 11.0. The van der Waals surface area contributed by atoms with E-state index in [1.54, 1.807) is 19.5 Å². The standard InChI is InChI=1S/C16H14O3/c1-11(17)6-7-15-16(12-8-9-18-10-12)13-4-2-3-5-14(13)19-15/h2-5,8-10H,6-7H2,1H3. The fourth-order valence-corrected chi connectivity index (χ4v) is 2.28. The van der Waals surface area contributed by atoms with Crippen molar-refractivity contribution in [1.29, 1.82) is 0 Å². The summed E-state index contributed by atoms with van der Waals surface area (Å²) in [6.45, 7) is 1.60. The Kier molecular flexibility index (Phi) is 2.95. The van der Waals surface area contributed by atoms with Crippen molar-refractivity contribution in [2.75, 3.05) is 0 Å². The van der Waals surface area contributed by atoms with Crippen LogP contribution in [0, 0.1) is 0 Å². The van der Waals surface area contributed by atoms with Crippen LogP contribution in [0.4, 0.5) is 0 Å². The van der Waals surface area contributed by atoms with E-state index in [0.29, 0.717) is 12.8 Å². The first-order valence-electron chi connectivity index (χ1n) is 6.28. The van der Waals surface area contributed by atoms with Gasteiger partial charge in [-0.25, -0.2) is 0 Å². The summed E-state index contributed by atoms with van der Waals surface area (Å²) >= 11 is 0. The Morgan fingerprint density at radius 3 is 2.79 bits per heavy atom. The second-order valence-corrected chi connectivity index (χ2v) is 4.61. The van der Waals surface area contributed by atoms with Crippen molar-refractivity contribution in [1.82, 2.24) is 0 Å². The number of furan rings is 2. The van der Waals surface area contributed by atoms with Crippen molar-refractivity contribution in [2.45, 2.75) is 19.8 Å². The zero-order chi connectivity index (χ0) is 13.2. The molecule has 2 aromatic heterocycles. The zero-order valence-electron chi connectivity index (χ0n) is 10.7. The Morgan fingerprint density at radius 2 is 2.05 bits per heavy atom. The number of ketones is 1. The molecule has 0 spiro atoms. The van der Waals surface area contributed by atoms with Gasteiger partial charge in [0.2, 0.25) is 0 Å². The van der Waals surface area contributed by atoms with Crippen LogP contribution in [0.25, 0.3) is 22.1 Å². The van der Waals surface area contributed by atoms with Gasteiger partial charge in [-0.3, -0.25) is 0 Å². The van der Waals surface area contributed by atoms with Crippen molar-refractivity contribution < 1.29 is 13.6 Å². The summed E-state index contributed by atoms with van der Waals surface area (Å²) in [5.74, 6) is 1.01. The van der Waals surface area contributed by atoms with Crippen LogP contribution in [0.3, 0.4) is 0 Å². The maximum Gasteiger partial charge on any atom is 0.134 e. The van der Waals surface area contributed by atoms with Gasteiger partial charge in [-0.1, -0.05) is 18.2 Å². The molecule has 0 N–H and O–H groups in total. The largest absolute Gasteiger partial charge is 0.472 e. The number of rotatable bonds is 4. The van der Waals surface area contributed by atoms with E-state index in [2.05, 4.69) is 0 Å². The third-order valence-electron chi connectivity index (χ3n) is 3.18. The molecule has 0 aliphatic heterocycles. The molecule has 0 unspecified atom stereocenters.